The van der Waals surface area contributed by atoms with E-state index in [1.165, 1.54) is 24.3 Å². The normalized spacial score (nSPS) is 16.1. The zero-order valence-corrected chi connectivity index (χ0v) is 18.6. The van der Waals surface area contributed by atoms with Crippen LogP contribution in [-0.4, -0.2) is 14.5 Å². The predicted molar refractivity (Wildman–Crippen MR) is 119 cm³/mol. The minimum Gasteiger partial charge on any atom is -0.423 e. The van der Waals surface area contributed by atoms with Crippen molar-refractivity contribution in [1.82, 2.24) is 4.72 Å². The molecule has 176 valence electrons. The van der Waals surface area contributed by atoms with Gasteiger partial charge in [-0.25, -0.2) is 17.9 Å². The van der Waals surface area contributed by atoms with E-state index in [0.29, 0.717) is 18.1 Å². The molecule has 0 unspecified atom stereocenters. The molecule has 0 atom stereocenters. The van der Waals surface area contributed by atoms with E-state index in [0.717, 1.165) is 44.1 Å². The molecule has 1 saturated carbocycles. The Labute approximate surface area is 189 Å². The third kappa shape index (κ3) is 5.65. The number of nitrogens with one attached hydrogen (secondary N) is 1. The number of sulfonamides is 1. The molecule has 1 aliphatic carbocycles. The van der Waals surface area contributed by atoms with Crippen LogP contribution in [0.5, 0.6) is 0 Å². The van der Waals surface area contributed by atoms with Crippen molar-refractivity contribution in [3.63, 3.8) is 0 Å². The number of hydrogen-bond acceptors (Lipinski definition) is 4. The third-order valence-corrected chi connectivity index (χ3v) is 7.47. The molecule has 0 aliphatic heterocycles. The highest BCUT2D eigenvalue weighted by Gasteiger charge is 2.34. The van der Waals surface area contributed by atoms with Crippen molar-refractivity contribution in [1.29, 1.82) is 0 Å². The summed E-state index contributed by atoms with van der Waals surface area (Å²) in [4.78, 5) is 11.6. The molecule has 0 bridgehead atoms. The zero-order valence-electron chi connectivity index (χ0n) is 17.8. The van der Waals surface area contributed by atoms with Crippen LogP contribution < -0.4 is 10.3 Å². The summed E-state index contributed by atoms with van der Waals surface area (Å²) in [7, 11) is -3.64. The summed E-state index contributed by atoms with van der Waals surface area (Å²) in [6, 6.07) is 11.0. The van der Waals surface area contributed by atoms with E-state index >= 15 is 0 Å². The smallest absolute Gasteiger partial charge is 0.417 e. The summed E-state index contributed by atoms with van der Waals surface area (Å²) < 4.78 is 73.2. The minimum absolute atomic E-state index is 0.0577. The fraction of sp³-hybridized carbons (Fsp3) is 0.375. The van der Waals surface area contributed by atoms with E-state index in [1.54, 1.807) is 18.2 Å². The van der Waals surface area contributed by atoms with Crippen molar-refractivity contribution in [2.24, 2.45) is 0 Å². The van der Waals surface area contributed by atoms with Gasteiger partial charge in [0.15, 0.2) is 0 Å². The lowest BCUT2D eigenvalue weighted by Crippen LogP contribution is -2.34. The largest absolute Gasteiger partial charge is 0.423 e. The molecule has 1 aliphatic rings. The first kappa shape index (κ1) is 23.5. The maximum Gasteiger partial charge on any atom is 0.417 e. The Kier molecular flexibility index (Phi) is 6.63. The highest BCUT2D eigenvalue weighted by Crippen LogP contribution is 2.34. The summed E-state index contributed by atoms with van der Waals surface area (Å²) in [6.45, 7) is 0. The Morgan fingerprint density at radius 3 is 2.18 bits per heavy atom. The van der Waals surface area contributed by atoms with E-state index in [4.69, 9.17) is 4.42 Å². The Hall–Kier alpha value is -2.65. The fourth-order valence-corrected chi connectivity index (χ4v) is 5.57. The van der Waals surface area contributed by atoms with Crippen molar-refractivity contribution in [2.45, 2.75) is 62.1 Å². The van der Waals surface area contributed by atoms with Gasteiger partial charge in [-0.3, -0.25) is 0 Å². The number of benzene rings is 2. The Bertz CT molecular complexity index is 1290. The number of fused-ring (bicyclic) bond motifs is 1. The van der Waals surface area contributed by atoms with E-state index in [9.17, 15) is 26.4 Å². The molecule has 1 N–H and O–H groups in total. The second-order valence-corrected chi connectivity index (χ2v) is 10.2. The molecule has 4 rings (SSSR count). The standard InChI is InChI=1S/C24H24F3NO4S/c25-24(26,27)21-15-23(29)32-22-12-9-17(14-20(21)22)13-16-7-10-19(11-8-16)33(30,31)28-18-5-3-1-2-4-6-18/h7-12,14-15,18,28H,1-6,13H2. The van der Waals surface area contributed by atoms with Crippen molar-refractivity contribution in [2.75, 3.05) is 0 Å². The number of alkyl halides is 3. The molecule has 3 aromatic rings. The molecule has 9 heteroatoms. The number of rotatable bonds is 5. The van der Waals surface area contributed by atoms with Crippen LogP contribution in [0.2, 0.25) is 0 Å². The molecule has 1 heterocycles. The average molecular weight is 480 g/mol. The molecule has 0 amide bonds. The second-order valence-electron chi connectivity index (χ2n) is 8.44. The first-order chi connectivity index (χ1) is 15.6. The molecular weight excluding hydrogens is 455 g/mol. The van der Waals surface area contributed by atoms with Crippen LogP contribution in [0.4, 0.5) is 13.2 Å². The van der Waals surface area contributed by atoms with Gasteiger partial charge in [-0.2, -0.15) is 13.2 Å². The predicted octanol–water partition coefficient (Wildman–Crippen LogP) is 5.40. The molecular formula is C24H24F3NO4S. The summed E-state index contributed by atoms with van der Waals surface area (Å²) in [5.41, 5.74) is -0.911. The van der Waals surface area contributed by atoms with Crippen LogP contribution in [0.3, 0.4) is 0 Å². The molecule has 0 radical (unpaired) electrons. The maximum absolute atomic E-state index is 13.4. The zero-order chi connectivity index (χ0) is 23.6. The van der Waals surface area contributed by atoms with Crippen LogP contribution in [0.25, 0.3) is 11.0 Å². The first-order valence-electron chi connectivity index (χ1n) is 10.9. The van der Waals surface area contributed by atoms with Crippen LogP contribution in [0.1, 0.15) is 55.2 Å². The van der Waals surface area contributed by atoms with Gasteiger partial charge in [0.1, 0.15) is 5.58 Å². The number of hydrogen-bond donors (Lipinski definition) is 1. The molecule has 2 aromatic carbocycles. The lowest BCUT2D eigenvalue weighted by Gasteiger charge is -2.16. The fourth-order valence-electron chi connectivity index (χ4n) is 4.26. The third-order valence-electron chi connectivity index (χ3n) is 5.93. The van der Waals surface area contributed by atoms with Crippen LogP contribution >= 0.6 is 0 Å². The van der Waals surface area contributed by atoms with Gasteiger partial charge < -0.3 is 4.42 Å². The molecule has 0 spiro atoms. The highest BCUT2D eigenvalue weighted by molar-refractivity contribution is 7.89. The molecule has 1 aromatic heterocycles. The van der Waals surface area contributed by atoms with Crippen LogP contribution in [-0.2, 0) is 22.6 Å². The summed E-state index contributed by atoms with van der Waals surface area (Å²) in [6.07, 6.45) is 1.54. The van der Waals surface area contributed by atoms with Crippen molar-refractivity contribution in [3.05, 3.63) is 75.6 Å². The van der Waals surface area contributed by atoms with Gasteiger partial charge in [0.05, 0.1) is 10.5 Å². The summed E-state index contributed by atoms with van der Waals surface area (Å²) in [5, 5.41) is -0.189. The van der Waals surface area contributed by atoms with Crippen LogP contribution in [0.15, 0.2) is 62.6 Å². The summed E-state index contributed by atoms with van der Waals surface area (Å²) >= 11 is 0. The van der Waals surface area contributed by atoms with E-state index in [1.807, 2.05) is 0 Å². The minimum atomic E-state index is -4.69. The SMILES string of the molecule is O=c1cc(C(F)(F)F)c2cc(Cc3ccc(S(=O)(=O)NC4CCCCCC4)cc3)ccc2o1. The molecule has 1 fully saturated rings. The highest BCUT2D eigenvalue weighted by atomic mass is 32.2. The lowest BCUT2D eigenvalue weighted by molar-refractivity contribution is -0.136. The lowest BCUT2D eigenvalue weighted by atomic mass is 10.0. The molecule has 33 heavy (non-hydrogen) atoms. The number of halogens is 3. The van der Waals surface area contributed by atoms with Crippen molar-refractivity contribution in [3.8, 4) is 0 Å². The van der Waals surface area contributed by atoms with Gasteiger partial charge in [0.25, 0.3) is 0 Å². The van der Waals surface area contributed by atoms with Gasteiger partial charge in [0.2, 0.25) is 10.0 Å². The van der Waals surface area contributed by atoms with Gasteiger partial charge in [-0.05, 0) is 54.7 Å². The first-order valence-corrected chi connectivity index (χ1v) is 12.4. The second kappa shape index (κ2) is 9.30. The van der Waals surface area contributed by atoms with Crippen LogP contribution in [0, 0.1) is 0 Å². The summed E-state index contributed by atoms with van der Waals surface area (Å²) in [5.74, 6) is 0. The van der Waals surface area contributed by atoms with Gasteiger partial charge in [-0.15, -0.1) is 0 Å². The Morgan fingerprint density at radius 1 is 0.909 bits per heavy atom. The average Bonchev–Trinajstić information content (AvgIpc) is 3.01. The van der Waals surface area contributed by atoms with Crippen molar-refractivity contribution >= 4 is 21.0 Å². The van der Waals surface area contributed by atoms with E-state index in [-0.39, 0.29) is 21.9 Å². The van der Waals surface area contributed by atoms with Crippen molar-refractivity contribution < 1.29 is 26.0 Å². The van der Waals surface area contributed by atoms with Gasteiger partial charge in [0, 0.05) is 17.5 Å². The van der Waals surface area contributed by atoms with Gasteiger partial charge in [-0.1, -0.05) is 43.9 Å². The topological polar surface area (TPSA) is 76.4 Å². The maximum atomic E-state index is 13.4. The quantitative estimate of drug-likeness (QED) is 0.393. The van der Waals surface area contributed by atoms with E-state index < -0.39 is 27.4 Å². The molecule has 5 nitrogen and oxygen atoms in total. The Balaban J connectivity index is 1.54. The Morgan fingerprint density at radius 2 is 1.55 bits per heavy atom. The van der Waals surface area contributed by atoms with E-state index in [2.05, 4.69) is 4.72 Å². The van der Waals surface area contributed by atoms with Gasteiger partial charge >= 0.3 is 11.8 Å². The molecule has 0 saturated heterocycles. The monoisotopic (exact) mass is 479 g/mol.